The number of benzene rings is 1. The number of sulfonamides is 1. The van der Waals surface area contributed by atoms with Gasteiger partial charge in [0.25, 0.3) is 0 Å². The largest absolute Gasteiger partial charge is 0.296 e. The van der Waals surface area contributed by atoms with Crippen LogP contribution >= 0.6 is 38.9 Å². The highest BCUT2D eigenvalue weighted by molar-refractivity contribution is 9.10. The summed E-state index contributed by atoms with van der Waals surface area (Å²) < 4.78 is 27.8. The van der Waals surface area contributed by atoms with E-state index in [2.05, 4.69) is 32.3 Å². The van der Waals surface area contributed by atoms with Crippen molar-refractivity contribution < 1.29 is 8.42 Å². The van der Waals surface area contributed by atoms with Crippen LogP contribution < -0.4 is 0 Å². The first-order valence-corrected chi connectivity index (χ1v) is 10.7. The maximum Gasteiger partial charge on any atom is 0.244 e. The number of hydrogen-bond acceptors (Lipinski definition) is 4. The van der Waals surface area contributed by atoms with Gasteiger partial charge in [0.2, 0.25) is 10.0 Å². The highest BCUT2D eigenvalue weighted by atomic mass is 79.9. The first kappa shape index (κ1) is 17.4. The fraction of sp³-hybridized carbons (Fsp3) is 0.333. The molecule has 1 saturated heterocycles. The van der Waals surface area contributed by atoms with E-state index in [-0.39, 0.29) is 9.92 Å². The molecule has 8 heteroatoms. The minimum absolute atomic E-state index is 0.175. The van der Waals surface area contributed by atoms with Crippen LogP contribution in [0.4, 0.5) is 0 Å². The molecule has 0 spiro atoms. The van der Waals surface area contributed by atoms with Gasteiger partial charge in [-0.2, -0.15) is 4.31 Å². The van der Waals surface area contributed by atoms with Crippen molar-refractivity contribution >= 4 is 48.9 Å². The lowest BCUT2D eigenvalue weighted by Crippen LogP contribution is -2.48. The Morgan fingerprint density at radius 3 is 2.52 bits per heavy atom. The maximum atomic E-state index is 12.8. The van der Waals surface area contributed by atoms with Crippen LogP contribution in [0.3, 0.4) is 0 Å². The fourth-order valence-electron chi connectivity index (χ4n) is 2.57. The summed E-state index contributed by atoms with van der Waals surface area (Å²) in [5.74, 6) is 0. The number of rotatable bonds is 4. The highest BCUT2D eigenvalue weighted by Gasteiger charge is 2.30. The van der Waals surface area contributed by atoms with E-state index in [1.54, 1.807) is 29.5 Å². The van der Waals surface area contributed by atoms with Gasteiger partial charge in [0.05, 0.1) is 5.02 Å². The van der Waals surface area contributed by atoms with Gasteiger partial charge in [-0.05, 0) is 29.6 Å². The molecule has 4 nitrogen and oxygen atoms in total. The standard InChI is InChI=1S/C15H16BrClN2O2S2/c16-12-3-4-15(14(17)10-12)23(20,21)19-7-5-18(6-8-19)11-13-2-1-9-22-13/h1-4,9-10H,5-8,11H2. The smallest absolute Gasteiger partial charge is 0.244 e. The maximum absolute atomic E-state index is 12.8. The topological polar surface area (TPSA) is 40.6 Å². The summed E-state index contributed by atoms with van der Waals surface area (Å²) in [6.45, 7) is 3.31. The van der Waals surface area contributed by atoms with E-state index in [4.69, 9.17) is 11.6 Å². The number of halogens is 2. The Bertz CT molecular complexity index is 773. The van der Waals surface area contributed by atoms with Crippen LogP contribution in [0.1, 0.15) is 4.88 Å². The molecule has 1 aliphatic rings. The van der Waals surface area contributed by atoms with Gasteiger partial charge >= 0.3 is 0 Å². The van der Waals surface area contributed by atoms with Crippen molar-refractivity contribution in [1.82, 2.24) is 9.21 Å². The molecule has 1 fully saturated rings. The summed E-state index contributed by atoms with van der Waals surface area (Å²) >= 11 is 11.1. The number of hydrogen-bond donors (Lipinski definition) is 0. The summed E-state index contributed by atoms with van der Waals surface area (Å²) in [6, 6.07) is 9.01. The normalized spacial score (nSPS) is 17.5. The summed E-state index contributed by atoms with van der Waals surface area (Å²) in [7, 11) is -3.54. The fourth-order valence-corrected chi connectivity index (χ4v) is 5.75. The summed E-state index contributed by atoms with van der Waals surface area (Å²) in [5, 5.41) is 2.31. The molecule has 1 aliphatic heterocycles. The Balaban J connectivity index is 1.68. The third kappa shape index (κ3) is 3.97. The molecule has 0 N–H and O–H groups in total. The van der Waals surface area contributed by atoms with Crippen molar-refractivity contribution in [2.75, 3.05) is 26.2 Å². The predicted octanol–water partition coefficient (Wildman–Crippen LogP) is 3.67. The molecule has 1 aromatic carbocycles. The molecule has 0 radical (unpaired) electrons. The monoisotopic (exact) mass is 434 g/mol. The molecular formula is C15H16BrClN2O2S2. The lowest BCUT2D eigenvalue weighted by atomic mass is 10.3. The molecule has 0 unspecified atom stereocenters. The number of thiophene rings is 1. The van der Waals surface area contributed by atoms with Gasteiger partial charge in [0.15, 0.2) is 0 Å². The van der Waals surface area contributed by atoms with Crippen LogP contribution in [0, 0.1) is 0 Å². The highest BCUT2D eigenvalue weighted by Crippen LogP contribution is 2.28. The number of nitrogens with zero attached hydrogens (tertiary/aromatic N) is 2. The Hall–Kier alpha value is -0.440. The molecule has 124 valence electrons. The first-order chi connectivity index (χ1) is 11.0. The van der Waals surface area contributed by atoms with Crippen molar-refractivity contribution in [3.8, 4) is 0 Å². The molecule has 0 amide bonds. The molecule has 23 heavy (non-hydrogen) atoms. The second-order valence-electron chi connectivity index (χ2n) is 5.33. The Labute approximate surface area is 153 Å². The molecule has 1 aromatic heterocycles. The van der Waals surface area contributed by atoms with Gasteiger partial charge in [-0.25, -0.2) is 8.42 Å². The van der Waals surface area contributed by atoms with Crippen molar-refractivity contribution in [3.63, 3.8) is 0 Å². The van der Waals surface area contributed by atoms with E-state index in [0.717, 1.165) is 24.1 Å². The molecule has 2 heterocycles. The third-order valence-electron chi connectivity index (χ3n) is 3.80. The molecule has 0 bridgehead atoms. The second-order valence-corrected chi connectivity index (χ2v) is 9.60. The number of piperazine rings is 1. The van der Waals surface area contributed by atoms with E-state index < -0.39 is 10.0 Å². The van der Waals surface area contributed by atoms with Crippen molar-refractivity contribution in [3.05, 3.63) is 50.1 Å². The van der Waals surface area contributed by atoms with E-state index in [1.165, 1.54) is 9.18 Å². The molecule has 0 saturated carbocycles. The van der Waals surface area contributed by atoms with E-state index in [1.807, 2.05) is 6.07 Å². The zero-order chi connectivity index (χ0) is 16.4. The van der Waals surface area contributed by atoms with Gasteiger partial charge in [-0.1, -0.05) is 33.6 Å². The molecule has 0 aliphatic carbocycles. The Morgan fingerprint density at radius 1 is 1.17 bits per heavy atom. The van der Waals surface area contributed by atoms with Crippen molar-refractivity contribution in [1.29, 1.82) is 0 Å². The van der Waals surface area contributed by atoms with Crippen LogP contribution in [0.15, 0.2) is 45.1 Å². The van der Waals surface area contributed by atoms with Gasteiger partial charge in [-0.3, -0.25) is 4.90 Å². The Morgan fingerprint density at radius 2 is 1.91 bits per heavy atom. The van der Waals surface area contributed by atoms with Crippen molar-refractivity contribution in [2.24, 2.45) is 0 Å². The SMILES string of the molecule is O=S(=O)(c1ccc(Br)cc1Cl)N1CCN(Cc2cccs2)CC1. The lowest BCUT2D eigenvalue weighted by molar-refractivity contribution is 0.183. The average molecular weight is 436 g/mol. The first-order valence-electron chi connectivity index (χ1n) is 7.17. The van der Waals surface area contributed by atoms with Gasteiger partial charge in [-0.15, -0.1) is 11.3 Å². The Kier molecular flexibility index (Phi) is 5.45. The van der Waals surface area contributed by atoms with E-state index >= 15 is 0 Å². The van der Waals surface area contributed by atoms with Gasteiger partial charge < -0.3 is 0 Å². The molecular weight excluding hydrogens is 420 g/mol. The minimum Gasteiger partial charge on any atom is -0.296 e. The lowest BCUT2D eigenvalue weighted by Gasteiger charge is -2.33. The van der Waals surface area contributed by atoms with Gasteiger partial charge in [0.1, 0.15) is 4.90 Å². The van der Waals surface area contributed by atoms with Crippen LogP contribution in [0.2, 0.25) is 5.02 Å². The van der Waals surface area contributed by atoms with Crippen LogP contribution in [-0.4, -0.2) is 43.8 Å². The van der Waals surface area contributed by atoms with Crippen LogP contribution in [0.25, 0.3) is 0 Å². The molecule has 2 aromatic rings. The summed E-state index contributed by atoms with van der Waals surface area (Å²) in [6.07, 6.45) is 0. The van der Waals surface area contributed by atoms with Crippen LogP contribution in [0.5, 0.6) is 0 Å². The molecule has 0 atom stereocenters. The zero-order valence-electron chi connectivity index (χ0n) is 12.3. The summed E-state index contributed by atoms with van der Waals surface area (Å²) in [4.78, 5) is 3.76. The minimum atomic E-state index is -3.54. The quantitative estimate of drug-likeness (QED) is 0.736. The van der Waals surface area contributed by atoms with Crippen molar-refractivity contribution in [2.45, 2.75) is 11.4 Å². The van der Waals surface area contributed by atoms with Crippen LogP contribution in [-0.2, 0) is 16.6 Å². The third-order valence-corrected chi connectivity index (χ3v) is 7.54. The second kappa shape index (κ2) is 7.21. The zero-order valence-corrected chi connectivity index (χ0v) is 16.3. The predicted molar refractivity (Wildman–Crippen MR) is 97.5 cm³/mol. The van der Waals surface area contributed by atoms with E-state index in [9.17, 15) is 8.42 Å². The van der Waals surface area contributed by atoms with Gasteiger partial charge in [0, 0.05) is 42.1 Å². The molecule has 3 rings (SSSR count). The average Bonchev–Trinajstić information content (AvgIpc) is 3.00. The summed E-state index contributed by atoms with van der Waals surface area (Å²) in [5.41, 5.74) is 0. The van der Waals surface area contributed by atoms with E-state index in [0.29, 0.717) is 13.1 Å².